The van der Waals surface area contributed by atoms with E-state index >= 15 is 0 Å². The van der Waals surface area contributed by atoms with Crippen LogP contribution in [0.15, 0.2) is 6.07 Å². The Hall–Kier alpha value is -1.13. The Morgan fingerprint density at radius 2 is 2.28 bits per heavy atom. The first kappa shape index (κ1) is 13.3. The third kappa shape index (κ3) is 2.82. The number of aromatic nitrogens is 1. The number of ether oxygens (including phenoxy) is 1. The third-order valence-corrected chi connectivity index (χ3v) is 3.47. The van der Waals surface area contributed by atoms with E-state index in [0.717, 1.165) is 48.6 Å². The predicted molar refractivity (Wildman–Crippen MR) is 71.9 cm³/mol. The van der Waals surface area contributed by atoms with E-state index in [9.17, 15) is 5.11 Å². The van der Waals surface area contributed by atoms with Crippen molar-refractivity contribution in [1.82, 2.24) is 4.98 Å². The summed E-state index contributed by atoms with van der Waals surface area (Å²) in [6.45, 7) is 5.74. The zero-order valence-corrected chi connectivity index (χ0v) is 11.4. The van der Waals surface area contributed by atoms with Crippen LogP contribution in [0.4, 0.5) is 5.82 Å². The first-order valence-electron chi connectivity index (χ1n) is 6.52. The van der Waals surface area contributed by atoms with Crippen LogP contribution in [-0.4, -0.2) is 36.4 Å². The van der Waals surface area contributed by atoms with Crippen LogP contribution < -0.4 is 4.90 Å². The van der Waals surface area contributed by atoms with Gasteiger partial charge in [-0.05, 0) is 38.3 Å². The highest BCUT2D eigenvalue weighted by Crippen LogP contribution is 2.23. The number of likely N-dealkylation sites (N-methyl/N-ethyl adjacent to an activating group) is 1. The molecule has 0 spiro atoms. The van der Waals surface area contributed by atoms with E-state index in [-0.39, 0.29) is 6.61 Å². The van der Waals surface area contributed by atoms with E-state index in [2.05, 4.69) is 9.88 Å². The minimum atomic E-state index is 0.0321. The first-order valence-corrected chi connectivity index (χ1v) is 6.52. The summed E-state index contributed by atoms with van der Waals surface area (Å²) in [6.07, 6.45) is 2.55. The lowest BCUT2D eigenvalue weighted by atomic mass is 10.1. The number of anilines is 1. The molecule has 1 aliphatic heterocycles. The lowest BCUT2D eigenvalue weighted by Gasteiger charge is -2.25. The second-order valence-corrected chi connectivity index (χ2v) is 5.06. The van der Waals surface area contributed by atoms with Gasteiger partial charge >= 0.3 is 0 Å². The van der Waals surface area contributed by atoms with Crippen molar-refractivity contribution in [3.63, 3.8) is 0 Å². The molecule has 0 aliphatic carbocycles. The lowest BCUT2D eigenvalue weighted by Crippen LogP contribution is -2.30. The summed E-state index contributed by atoms with van der Waals surface area (Å²) in [5, 5.41) is 9.50. The van der Waals surface area contributed by atoms with E-state index in [1.807, 2.05) is 27.0 Å². The Labute approximate surface area is 109 Å². The van der Waals surface area contributed by atoms with Crippen LogP contribution in [0.3, 0.4) is 0 Å². The minimum absolute atomic E-state index is 0.0321. The summed E-state index contributed by atoms with van der Waals surface area (Å²) in [4.78, 5) is 6.66. The molecule has 0 radical (unpaired) electrons. The van der Waals surface area contributed by atoms with Crippen molar-refractivity contribution in [1.29, 1.82) is 0 Å². The topological polar surface area (TPSA) is 45.6 Å². The fourth-order valence-electron chi connectivity index (χ4n) is 2.54. The summed E-state index contributed by atoms with van der Waals surface area (Å²) < 4.78 is 5.65. The first-order chi connectivity index (χ1) is 8.61. The SMILES string of the molecule is Cc1cc(C)c(CO)c(N(C)CC2CCCO2)n1. The second-order valence-electron chi connectivity index (χ2n) is 5.06. The van der Waals surface area contributed by atoms with Crippen LogP contribution in [-0.2, 0) is 11.3 Å². The predicted octanol–water partition coefficient (Wildman–Crippen LogP) is 1.81. The molecule has 1 aliphatic rings. The lowest BCUT2D eigenvalue weighted by molar-refractivity contribution is 0.116. The molecule has 0 amide bonds. The summed E-state index contributed by atoms with van der Waals surface area (Å²) >= 11 is 0. The second kappa shape index (κ2) is 5.67. The monoisotopic (exact) mass is 250 g/mol. The molecule has 1 aromatic heterocycles. The average molecular weight is 250 g/mol. The van der Waals surface area contributed by atoms with E-state index in [1.54, 1.807) is 0 Å². The van der Waals surface area contributed by atoms with Crippen LogP contribution in [0.25, 0.3) is 0 Å². The van der Waals surface area contributed by atoms with Gasteiger partial charge in [-0.2, -0.15) is 0 Å². The van der Waals surface area contributed by atoms with Gasteiger partial charge in [0.25, 0.3) is 0 Å². The molecule has 2 heterocycles. The Morgan fingerprint density at radius 3 is 2.89 bits per heavy atom. The van der Waals surface area contributed by atoms with Gasteiger partial charge in [-0.25, -0.2) is 4.98 Å². The quantitative estimate of drug-likeness (QED) is 0.885. The molecule has 1 unspecified atom stereocenters. The summed E-state index contributed by atoms with van der Waals surface area (Å²) in [6, 6.07) is 2.01. The van der Waals surface area contributed by atoms with E-state index < -0.39 is 0 Å². The highest BCUT2D eigenvalue weighted by Gasteiger charge is 2.20. The Kier molecular flexibility index (Phi) is 4.19. The number of aliphatic hydroxyl groups is 1. The largest absolute Gasteiger partial charge is 0.392 e. The van der Waals surface area contributed by atoms with Gasteiger partial charge in [-0.1, -0.05) is 0 Å². The van der Waals surface area contributed by atoms with E-state index in [4.69, 9.17) is 4.74 Å². The normalized spacial score (nSPS) is 19.2. The van der Waals surface area contributed by atoms with Gasteiger partial charge in [0.1, 0.15) is 5.82 Å². The van der Waals surface area contributed by atoms with Crippen molar-refractivity contribution in [2.24, 2.45) is 0 Å². The molecule has 0 saturated carbocycles. The molecule has 18 heavy (non-hydrogen) atoms. The molecule has 1 atom stereocenters. The standard InChI is InChI=1S/C14H22N2O2/c1-10-7-11(2)15-14(13(10)9-17)16(3)8-12-5-4-6-18-12/h7,12,17H,4-6,8-9H2,1-3H3. The molecule has 100 valence electrons. The molecular formula is C14H22N2O2. The molecule has 2 rings (SSSR count). The Balaban J connectivity index is 2.19. The zero-order valence-electron chi connectivity index (χ0n) is 11.4. The van der Waals surface area contributed by atoms with Crippen LogP contribution in [0.2, 0.25) is 0 Å². The molecule has 0 aromatic carbocycles. The fourth-order valence-corrected chi connectivity index (χ4v) is 2.54. The number of nitrogens with zero attached hydrogens (tertiary/aromatic N) is 2. The zero-order chi connectivity index (χ0) is 13.1. The highest BCUT2D eigenvalue weighted by atomic mass is 16.5. The van der Waals surface area contributed by atoms with Crippen molar-refractivity contribution in [3.05, 3.63) is 22.9 Å². The third-order valence-electron chi connectivity index (χ3n) is 3.47. The van der Waals surface area contributed by atoms with Crippen LogP contribution in [0.1, 0.15) is 29.7 Å². The molecular weight excluding hydrogens is 228 g/mol. The number of pyridine rings is 1. The minimum Gasteiger partial charge on any atom is -0.392 e. The van der Waals surface area contributed by atoms with Gasteiger partial charge in [0.2, 0.25) is 0 Å². The number of rotatable bonds is 4. The Morgan fingerprint density at radius 1 is 1.50 bits per heavy atom. The average Bonchev–Trinajstić information content (AvgIpc) is 2.80. The maximum absolute atomic E-state index is 9.50. The molecule has 4 nitrogen and oxygen atoms in total. The summed E-state index contributed by atoms with van der Waals surface area (Å²) in [7, 11) is 2.02. The van der Waals surface area contributed by atoms with Crippen molar-refractivity contribution in [3.8, 4) is 0 Å². The van der Waals surface area contributed by atoms with Gasteiger partial charge < -0.3 is 14.7 Å². The van der Waals surface area contributed by atoms with Crippen LogP contribution in [0, 0.1) is 13.8 Å². The smallest absolute Gasteiger partial charge is 0.134 e. The molecule has 4 heteroatoms. The molecule has 1 N–H and O–H groups in total. The van der Waals surface area contributed by atoms with E-state index in [1.165, 1.54) is 0 Å². The van der Waals surface area contributed by atoms with E-state index in [0.29, 0.717) is 6.10 Å². The molecule has 0 bridgehead atoms. The summed E-state index contributed by atoms with van der Waals surface area (Å²) in [5.74, 6) is 0.880. The highest BCUT2D eigenvalue weighted by molar-refractivity contribution is 5.50. The number of hydrogen-bond acceptors (Lipinski definition) is 4. The van der Waals surface area contributed by atoms with Gasteiger partial charge in [-0.3, -0.25) is 0 Å². The number of aliphatic hydroxyl groups excluding tert-OH is 1. The van der Waals surface area contributed by atoms with Gasteiger partial charge in [0.05, 0.1) is 12.7 Å². The van der Waals surface area contributed by atoms with Gasteiger partial charge in [0, 0.05) is 31.5 Å². The fraction of sp³-hybridized carbons (Fsp3) is 0.643. The number of aryl methyl sites for hydroxylation is 2. The van der Waals surface area contributed by atoms with Crippen molar-refractivity contribution >= 4 is 5.82 Å². The van der Waals surface area contributed by atoms with Crippen LogP contribution >= 0.6 is 0 Å². The maximum Gasteiger partial charge on any atom is 0.134 e. The van der Waals surface area contributed by atoms with Crippen molar-refractivity contribution in [2.75, 3.05) is 25.1 Å². The van der Waals surface area contributed by atoms with Gasteiger partial charge in [0.15, 0.2) is 0 Å². The molecule has 1 saturated heterocycles. The van der Waals surface area contributed by atoms with Crippen LogP contribution in [0.5, 0.6) is 0 Å². The molecule has 1 aromatic rings. The van der Waals surface area contributed by atoms with Crippen molar-refractivity contribution < 1.29 is 9.84 Å². The number of hydrogen-bond donors (Lipinski definition) is 1. The van der Waals surface area contributed by atoms with Crippen molar-refractivity contribution in [2.45, 2.75) is 39.4 Å². The summed E-state index contributed by atoms with van der Waals surface area (Å²) in [5.41, 5.74) is 3.00. The molecule has 1 fully saturated rings. The van der Waals surface area contributed by atoms with Gasteiger partial charge in [-0.15, -0.1) is 0 Å². The maximum atomic E-state index is 9.50. The Bertz CT molecular complexity index is 415.